The molecule has 27 heavy (non-hydrogen) atoms. The van der Waals surface area contributed by atoms with Crippen LogP contribution in [0.15, 0.2) is 47.5 Å². The first kappa shape index (κ1) is 21.1. The van der Waals surface area contributed by atoms with E-state index in [2.05, 4.69) is 46.5 Å². The number of anilines is 2. The van der Waals surface area contributed by atoms with Gasteiger partial charge in [0.25, 0.3) is 0 Å². The first-order valence-corrected chi connectivity index (χ1v) is 8.68. The van der Waals surface area contributed by atoms with E-state index in [1.807, 2.05) is 18.2 Å². The highest BCUT2D eigenvalue weighted by Crippen LogP contribution is 2.29. The van der Waals surface area contributed by atoms with Crippen LogP contribution in [0.5, 0.6) is 11.5 Å². The average Bonchev–Trinajstić information content (AvgIpc) is 2.66. The van der Waals surface area contributed by atoms with Crippen LogP contribution in [-0.4, -0.2) is 40.3 Å². The van der Waals surface area contributed by atoms with Crippen LogP contribution in [0.2, 0.25) is 0 Å². The van der Waals surface area contributed by atoms with Gasteiger partial charge in [-0.15, -0.1) is 24.0 Å². The predicted octanol–water partition coefficient (Wildman–Crippen LogP) is 3.36. The van der Waals surface area contributed by atoms with E-state index in [9.17, 15) is 0 Å². The molecule has 1 aliphatic heterocycles. The molecule has 1 atom stereocenters. The fraction of sp³-hybridized carbons (Fsp3) is 0.350. The maximum Gasteiger partial charge on any atom is 0.193 e. The zero-order valence-corrected chi connectivity index (χ0v) is 18.3. The zero-order chi connectivity index (χ0) is 18.5. The van der Waals surface area contributed by atoms with Crippen LogP contribution >= 0.6 is 24.0 Å². The number of hydrogen-bond acceptors (Lipinski definition) is 4. The summed E-state index contributed by atoms with van der Waals surface area (Å²) in [6.45, 7) is 1.64. The first-order valence-electron chi connectivity index (χ1n) is 8.68. The molecule has 2 aromatic rings. The SMILES string of the molecule is COc1ccc(OC)c(NC(N)=NCC2Cc3ccccc3N(C)C2)c1.I. The van der Waals surface area contributed by atoms with Crippen molar-refractivity contribution in [2.45, 2.75) is 6.42 Å². The summed E-state index contributed by atoms with van der Waals surface area (Å²) in [6, 6.07) is 14.0. The number of para-hydroxylation sites is 1. The third-order valence-electron chi connectivity index (χ3n) is 4.63. The van der Waals surface area contributed by atoms with Crippen molar-refractivity contribution < 1.29 is 9.47 Å². The highest BCUT2D eigenvalue weighted by molar-refractivity contribution is 14.0. The highest BCUT2D eigenvalue weighted by atomic mass is 127. The Morgan fingerprint density at radius 3 is 2.74 bits per heavy atom. The van der Waals surface area contributed by atoms with Gasteiger partial charge in [0.05, 0.1) is 19.9 Å². The lowest BCUT2D eigenvalue weighted by Crippen LogP contribution is -2.34. The van der Waals surface area contributed by atoms with Crippen LogP contribution in [0.4, 0.5) is 11.4 Å². The molecule has 3 N–H and O–H groups in total. The van der Waals surface area contributed by atoms with Crippen LogP contribution in [0.25, 0.3) is 0 Å². The molecule has 0 spiro atoms. The number of nitrogens with zero attached hydrogens (tertiary/aromatic N) is 2. The Morgan fingerprint density at radius 1 is 1.22 bits per heavy atom. The van der Waals surface area contributed by atoms with Crippen LogP contribution < -0.4 is 25.4 Å². The number of ether oxygens (including phenoxy) is 2. The summed E-state index contributed by atoms with van der Waals surface area (Å²) in [7, 11) is 5.37. The van der Waals surface area contributed by atoms with Gasteiger partial charge in [0.15, 0.2) is 5.96 Å². The number of guanidine groups is 1. The molecule has 6 nitrogen and oxygen atoms in total. The smallest absolute Gasteiger partial charge is 0.193 e. The zero-order valence-electron chi connectivity index (χ0n) is 15.9. The van der Waals surface area contributed by atoms with Crippen molar-refractivity contribution in [3.8, 4) is 11.5 Å². The van der Waals surface area contributed by atoms with Crippen molar-refractivity contribution in [2.24, 2.45) is 16.6 Å². The van der Waals surface area contributed by atoms with Gasteiger partial charge in [-0.2, -0.15) is 0 Å². The minimum Gasteiger partial charge on any atom is -0.497 e. The molecule has 7 heteroatoms. The van der Waals surface area contributed by atoms with Gasteiger partial charge in [0, 0.05) is 37.8 Å². The molecule has 0 fully saturated rings. The number of halogens is 1. The Bertz CT molecular complexity index is 797. The lowest BCUT2D eigenvalue weighted by molar-refractivity contribution is 0.405. The summed E-state index contributed by atoms with van der Waals surface area (Å²) in [5.74, 6) is 2.22. The van der Waals surface area contributed by atoms with Gasteiger partial charge < -0.3 is 25.4 Å². The van der Waals surface area contributed by atoms with Crippen molar-refractivity contribution in [1.82, 2.24) is 0 Å². The van der Waals surface area contributed by atoms with Crippen molar-refractivity contribution in [3.63, 3.8) is 0 Å². The third-order valence-corrected chi connectivity index (χ3v) is 4.63. The molecule has 146 valence electrons. The summed E-state index contributed by atoms with van der Waals surface area (Å²) in [5.41, 5.74) is 9.50. The number of benzene rings is 2. The molecule has 0 amide bonds. The maximum atomic E-state index is 6.10. The molecule has 0 saturated heterocycles. The van der Waals surface area contributed by atoms with Crippen molar-refractivity contribution in [2.75, 3.05) is 44.6 Å². The monoisotopic (exact) mass is 482 g/mol. The number of methoxy groups -OCH3 is 2. The summed E-state index contributed by atoms with van der Waals surface area (Å²) in [4.78, 5) is 6.83. The molecular weight excluding hydrogens is 455 g/mol. The standard InChI is InChI=1S/C20H26N4O2.HI/c1-24-13-14(10-15-6-4-5-7-18(15)24)12-22-20(21)23-17-11-16(25-2)8-9-19(17)26-3;/h4-9,11,14H,10,12-13H2,1-3H3,(H3,21,22,23);1H. The topological polar surface area (TPSA) is 72.1 Å². The number of fused-ring (bicyclic) bond motifs is 1. The Morgan fingerprint density at radius 2 is 2.00 bits per heavy atom. The van der Waals surface area contributed by atoms with Gasteiger partial charge in [-0.3, -0.25) is 4.99 Å². The molecule has 1 heterocycles. The number of rotatable bonds is 5. The lowest BCUT2D eigenvalue weighted by Gasteiger charge is -2.32. The molecular formula is C20H27IN4O2. The summed E-state index contributed by atoms with van der Waals surface area (Å²) in [6.07, 6.45) is 1.01. The molecule has 1 unspecified atom stereocenters. The van der Waals surface area contributed by atoms with Crippen molar-refractivity contribution in [1.29, 1.82) is 0 Å². The Hall–Kier alpha value is -2.16. The van der Waals surface area contributed by atoms with E-state index in [1.165, 1.54) is 11.3 Å². The number of nitrogens with one attached hydrogen (secondary N) is 1. The van der Waals surface area contributed by atoms with Crippen LogP contribution in [0, 0.1) is 5.92 Å². The molecule has 1 aliphatic rings. The van der Waals surface area contributed by atoms with E-state index in [4.69, 9.17) is 15.2 Å². The largest absolute Gasteiger partial charge is 0.497 e. The molecule has 0 saturated carbocycles. The predicted molar refractivity (Wildman–Crippen MR) is 122 cm³/mol. The van der Waals surface area contributed by atoms with E-state index < -0.39 is 0 Å². The second-order valence-electron chi connectivity index (χ2n) is 6.50. The Labute approximate surface area is 177 Å². The molecule has 0 bridgehead atoms. The van der Waals surface area contributed by atoms with Gasteiger partial charge in [-0.1, -0.05) is 18.2 Å². The average molecular weight is 482 g/mol. The molecule has 3 rings (SSSR count). The minimum atomic E-state index is 0. The van der Waals surface area contributed by atoms with E-state index >= 15 is 0 Å². The number of hydrogen-bond donors (Lipinski definition) is 2. The van der Waals surface area contributed by atoms with Crippen LogP contribution in [-0.2, 0) is 6.42 Å². The quantitative estimate of drug-likeness (QED) is 0.389. The normalized spacial score (nSPS) is 16.2. The highest BCUT2D eigenvalue weighted by Gasteiger charge is 2.21. The van der Waals surface area contributed by atoms with Gasteiger partial charge in [-0.05, 0) is 30.2 Å². The fourth-order valence-corrected chi connectivity index (χ4v) is 3.36. The van der Waals surface area contributed by atoms with Crippen LogP contribution in [0.1, 0.15) is 5.56 Å². The molecule has 0 aromatic heterocycles. The summed E-state index contributed by atoms with van der Waals surface area (Å²) >= 11 is 0. The van der Waals surface area contributed by atoms with E-state index in [1.54, 1.807) is 14.2 Å². The lowest BCUT2D eigenvalue weighted by atomic mass is 9.93. The van der Waals surface area contributed by atoms with E-state index in [0.717, 1.165) is 24.4 Å². The summed E-state index contributed by atoms with van der Waals surface area (Å²) in [5, 5.41) is 3.12. The first-order chi connectivity index (χ1) is 12.6. The third kappa shape index (κ3) is 5.18. The van der Waals surface area contributed by atoms with E-state index in [-0.39, 0.29) is 24.0 Å². The minimum absolute atomic E-state index is 0. The Balaban J connectivity index is 0.00000261. The van der Waals surface area contributed by atoms with E-state index in [0.29, 0.717) is 24.2 Å². The molecule has 0 aliphatic carbocycles. The van der Waals surface area contributed by atoms with Crippen LogP contribution in [0.3, 0.4) is 0 Å². The van der Waals surface area contributed by atoms with Crippen molar-refractivity contribution in [3.05, 3.63) is 48.0 Å². The Kier molecular flexibility index (Phi) is 7.58. The van der Waals surface area contributed by atoms with Gasteiger partial charge in [0.2, 0.25) is 0 Å². The van der Waals surface area contributed by atoms with Gasteiger partial charge in [0.1, 0.15) is 11.5 Å². The van der Waals surface area contributed by atoms with Crippen molar-refractivity contribution >= 4 is 41.3 Å². The fourth-order valence-electron chi connectivity index (χ4n) is 3.36. The number of nitrogens with two attached hydrogens (primary N) is 1. The molecule has 2 aromatic carbocycles. The second-order valence-corrected chi connectivity index (χ2v) is 6.50. The number of aliphatic imine (C=N–C) groups is 1. The van der Waals surface area contributed by atoms with Gasteiger partial charge >= 0.3 is 0 Å². The summed E-state index contributed by atoms with van der Waals surface area (Å²) < 4.78 is 10.6. The maximum absolute atomic E-state index is 6.10. The second kappa shape index (κ2) is 9.68. The molecule has 0 radical (unpaired) electrons. The van der Waals surface area contributed by atoms with Gasteiger partial charge in [-0.25, -0.2) is 0 Å².